The Morgan fingerprint density at radius 2 is 1.93 bits per heavy atom. The summed E-state index contributed by atoms with van der Waals surface area (Å²) in [5, 5.41) is 11.0. The number of likely N-dealkylation sites (tertiary alicyclic amines) is 1. The highest BCUT2D eigenvalue weighted by atomic mass is 16.2. The highest BCUT2D eigenvalue weighted by Crippen LogP contribution is 2.17. The summed E-state index contributed by atoms with van der Waals surface area (Å²) in [5.74, 6) is 0.782. The molecule has 1 amide bonds. The second-order valence-corrected chi connectivity index (χ2v) is 7.10. The lowest BCUT2D eigenvalue weighted by Gasteiger charge is -2.17. The van der Waals surface area contributed by atoms with Crippen LogP contribution < -0.4 is 10.6 Å². The summed E-state index contributed by atoms with van der Waals surface area (Å²) in [6.45, 7) is 9.30. The van der Waals surface area contributed by atoms with Gasteiger partial charge in [-0.05, 0) is 51.3 Å². The van der Waals surface area contributed by atoms with Gasteiger partial charge in [-0.3, -0.25) is 4.79 Å². The lowest BCUT2D eigenvalue weighted by atomic mass is 10.2. The van der Waals surface area contributed by atoms with Crippen molar-refractivity contribution < 1.29 is 4.79 Å². The number of para-hydroxylation sites is 1. The molecule has 7 nitrogen and oxygen atoms in total. The van der Waals surface area contributed by atoms with E-state index in [0.717, 1.165) is 55.1 Å². The van der Waals surface area contributed by atoms with E-state index in [-0.39, 0.29) is 12.5 Å². The fourth-order valence-corrected chi connectivity index (χ4v) is 3.47. The van der Waals surface area contributed by atoms with Crippen molar-refractivity contribution in [2.45, 2.75) is 40.2 Å². The van der Waals surface area contributed by atoms with Gasteiger partial charge in [0.05, 0.1) is 24.5 Å². The first-order valence-electron chi connectivity index (χ1n) is 10.00. The van der Waals surface area contributed by atoms with Crippen molar-refractivity contribution in [3.05, 3.63) is 47.3 Å². The van der Waals surface area contributed by atoms with E-state index >= 15 is 0 Å². The maximum Gasteiger partial charge on any atom is 0.241 e. The predicted molar refractivity (Wildman–Crippen MR) is 112 cm³/mol. The molecule has 0 atom stereocenters. The Morgan fingerprint density at radius 1 is 1.18 bits per heavy atom. The van der Waals surface area contributed by atoms with Crippen LogP contribution in [0.4, 0.5) is 0 Å². The lowest BCUT2D eigenvalue weighted by Crippen LogP contribution is -2.44. The fourth-order valence-electron chi connectivity index (χ4n) is 3.47. The maximum atomic E-state index is 12.3. The van der Waals surface area contributed by atoms with Crippen molar-refractivity contribution >= 4 is 11.9 Å². The maximum absolute atomic E-state index is 12.3. The third kappa shape index (κ3) is 4.91. The van der Waals surface area contributed by atoms with Crippen LogP contribution in [0.25, 0.3) is 5.69 Å². The number of hydrogen-bond donors (Lipinski definition) is 2. The Hall–Kier alpha value is -2.83. The summed E-state index contributed by atoms with van der Waals surface area (Å²) in [7, 11) is 0. The minimum Gasteiger partial charge on any atom is -0.357 e. The normalized spacial score (nSPS) is 14.4. The van der Waals surface area contributed by atoms with Gasteiger partial charge >= 0.3 is 0 Å². The van der Waals surface area contributed by atoms with Gasteiger partial charge in [-0.15, -0.1) is 0 Å². The van der Waals surface area contributed by atoms with Crippen LogP contribution in [-0.2, 0) is 11.3 Å². The molecule has 1 aromatic heterocycles. The zero-order valence-corrected chi connectivity index (χ0v) is 17.0. The minimum absolute atomic E-state index is 0.131. The Bertz CT molecular complexity index is 835. The van der Waals surface area contributed by atoms with Crippen LogP contribution in [-0.4, -0.2) is 52.7 Å². The average Bonchev–Trinajstić information content (AvgIpc) is 3.33. The number of carbonyl (C=O) groups is 1. The summed E-state index contributed by atoms with van der Waals surface area (Å²) in [4.78, 5) is 18.9. The monoisotopic (exact) mass is 382 g/mol. The van der Waals surface area contributed by atoms with Crippen molar-refractivity contribution in [2.24, 2.45) is 4.99 Å². The SMILES string of the molecule is CCNC(=NCc1ccccc1-n1nc(C)cc1C)NCC(=O)N1CCCC1. The van der Waals surface area contributed by atoms with Crippen molar-refractivity contribution in [2.75, 3.05) is 26.2 Å². The summed E-state index contributed by atoms with van der Waals surface area (Å²) in [6.07, 6.45) is 2.20. The topological polar surface area (TPSA) is 74.5 Å². The van der Waals surface area contributed by atoms with Gasteiger partial charge in [0.15, 0.2) is 5.96 Å². The molecule has 0 saturated carbocycles. The summed E-state index contributed by atoms with van der Waals surface area (Å²) in [6, 6.07) is 10.2. The Labute approximate surface area is 166 Å². The standard InChI is InChI=1S/C21H30N6O/c1-4-22-21(24-15-20(28)26-11-7-8-12-26)23-14-18-9-5-6-10-19(18)27-17(3)13-16(2)25-27/h5-6,9-10,13H,4,7-8,11-12,14-15H2,1-3H3,(H2,22,23,24). The average molecular weight is 383 g/mol. The van der Waals surface area contributed by atoms with Gasteiger partial charge in [0.1, 0.15) is 0 Å². The number of hydrogen-bond acceptors (Lipinski definition) is 3. The molecule has 0 spiro atoms. The van der Waals surface area contributed by atoms with Crippen molar-refractivity contribution in [3.8, 4) is 5.69 Å². The molecule has 28 heavy (non-hydrogen) atoms. The van der Waals surface area contributed by atoms with Crippen LogP contribution in [0, 0.1) is 13.8 Å². The Morgan fingerprint density at radius 3 is 2.61 bits per heavy atom. The number of benzene rings is 1. The predicted octanol–water partition coefficient (Wildman–Crippen LogP) is 2.17. The molecule has 1 aliphatic rings. The first-order valence-corrected chi connectivity index (χ1v) is 10.00. The number of aromatic nitrogens is 2. The molecule has 1 aliphatic heterocycles. The number of carbonyl (C=O) groups excluding carboxylic acids is 1. The first kappa shape index (κ1) is 19.9. The van der Waals surface area contributed by atoms with Gasteiger partial charge in [0, 0.05) is 25.3 Å². The van der Waals surface area contributed by atoms with E-state index in [1.54, 1.807) is 0 Å². The third-order valence-corrected chi connectivity index (χ3v) is 4.85. The summed E-state index contributed by atoms with van der Waals surface area (Å²) >= 11 is 0. The zero-order valence-electron chi connectivity index (χ0n) is 17.0. The first-order chi connectivity index (χ1) is 13.6. The number of amides is 1. The molecule has 0 bridgehead atoms. The number of guanidine groups is 1. The van der Waals surface area contributed by atoms with Gasteiger partial charge in [0.2, 0.25) is 5.91 Å². The Kier molecular flexibility index (Phi) is 6.68. The molecule has 0 radical (unpaired) electrons. The molecule has 150 valence electrons. The van der Waals surface area contributed by atoms with Gasteiger partial charge in [-0.25, -0.2) is 9.67 Å². The molecule has 0 unspecified atom stereocenters. The number of aryl methyl sites for hydroxylation is 2. The third-order valence-electron chi connectivity index (χ3n) is 4.85. The van der Waals surface area contributed by atoms with Crippen LogP contribution in [0.5, 0.6) is 0 Å². The van der Waals surface area contributed by atoms with Crippen molar-refractivity contribution in [1.82, 2.24) is 25.3 Å². The van der Waals surface area contributed by atoms with Crippen LogP contribution >= 0.6 is 0 Å². The van der Waals surface area contributed by atoms with E-state index in [1.165, 1.54) is 0 Å². The molecule has 1 saturated heterocycles. The van der Waals surface area contributed by atoms with E-state index in [4.69, 9.17) is 0 Å². The number of nitrogens with one attached hydrogen (secondary N) is 2. The fraction of sp³-hybridized carbons (Fsp3) is 0.476. The molecule has 3 rings (SSSR count). The van der Waals surface area contributed by atoms with Gasteiger partial charge < -0.3 is 15.5 Å². The van der Waals surface area contributed by atoms with E-state index in [0.29, 0.717) is 12.5 Å². The lowest BCUT2D eigenvalue weighted by molar-refractivity contribution is -0.128. The highest BCUT2D eigenvalue weighted by Gasteiger charge is 2.17. The molecule has 2 N–H and O–H groups in total. The van der Waals surface area contributed by atoms with Crippen molar-refractivity contribution in [3.63, 3.8) is 0 Å². The number of nitrogens with zero attached hydrogens (tertiary/aromatic N) is 4. The van der Waals surface area contributed by atoms with E-state index in [2.05, 4.69) is 45.8 Å². The molecule has 2 aromatic rings. The van der Waals surface area contributed by atoms with Crippen molar-refractivity contribution in [1.29, 1.82) is 0 Å². The van der Waals surface area contributed by atoms with Gasteiger partial charge in [0.25, 0.3) is 0 Å². The van der Waals surface area contributed by atoms with Crippen LogP contribution in [0.15, 0.2) is 35.3 Å². The number of aliphatic imine (C=N–C) groups is 1. The van der Waals surface area contributed by atoms with E-state index < -0.39 is 0 Å². The molecule has 1 fully saturated rings. The number of rotatable bonds is 6. The molecule has 7 heteroatoms. The molecule has 2 heterocycles. The van der Waals surface area contributed by atoms with Crippen LogP contribution in [0.1, 0.15) is 36.7 Å². The summed E-state index contributed by atoms with van der Waals surface area (Å²) < 4.78 is 1.96. The van der Waals surface area contributed by atoms with Crippen LogP contribution in [0.2, 0.25) is 0 Å². The van der Waals surface area contributed by atoms with E-state index in [1.807, 2.05) is 35.6 Å². The smallest absolute Gasteiger partial charge is 0.241 e. The van der Waals surface area contributed by atoms with E-state index in [9.17, 15) is 4.79 Å². The summed E-state index contributed by atoms with van der Waals surface area (Å²) in [5.41, 5.74) is 4.19. The molecular formula is C21H30N6O. The zero-order chi connectivity index (χ0) is 19.9. The molecule has 0 aliphatic carbocycles. The molecular weight excluding hydrogens is 352 g/mol. The minimum atomic E-state index is 0.131. The second kappa shape index (κ2) is 9.39. The quantitative estimate of drug-likeness (QED) is 0.593. The van der Waals surface area contributed by atoms with Crippen LogP contribution in [0.3, 0.4) is 0 Å². The largest absolute Gasteiger partial charge is 0.357 e. The van der Waals surface area contributed by atoms with Gasteiger partial charge in [-0.2, -0.15) is 5.10 Å². The highest BCUT2D eigenvalue weighted by molar-refractivity contribution is 5.86. The van der Waals surface area contributed by atoms with Gasteiger partial charge in [-0.1, -0.05) is 18.2 Å². The second-order valence-electron chi connectivity index (χ2n) is 7.10. The Balaban J connectivity index is 1.71. The molecule has 1 aromatic carbocycles.